The average Bonchev–Trinajstić information content (AvgIpc) is 3.49. The molecule has 0 aliphatic rings. The minimum Gasteiger partial charge on any atom is -0.494 e. The highest BCUT2D eigenvalue weighted by molar-refractivity contribution is 7.93. The summed E-state index contributed by atoms with van der Waals surface area (Å²) < 4.78 is 46.9. The third-order valence-corrected chi connectivity index (χ3v) is 6.62. The average molecular weight is 471 g/mol. The van der Waals surface area contributed by atoms with Crippen LogP contribution in [0.5, 0.6) is 11.5 Å². The molecule has 4 rings (SSSR count). The van der Waals surface area contributed by atoms with Gasteiger partial charge in [-0.25, -0.2) is 18.4 Å². The van der Waals surface area contributed by atoms with Crippen LogP contribution in [0.1, 0.15) is 12.5 Å². The van der Waals surface area contributed by atoms with E-state index in [-0.39, 0.29) is 18.2 Å². The molecule has 1 unspecified atom stereocenters. The fourth-order valence-electron chi connectivity index (χ4n) is 3.28. The van der Waals surface area contributed by atoms with Gasteiger partial charge in [0.2, 0.25) is 21.8 Å². The standard InChI is InChI=1S/C21H22N6O5S/c1-14(10-15-11-22-13-23-12-15)33(28,29)26-21-25-24-20(18-8-5-9-32-18)27(21)19-16(30-2)6-4-7-17(19)31-3/h4-9,11-14H,10H2,1-3H3,(H,25,26). The number of para-hydroxylation sites is 1. The van der Waals surface area contributed by atoms with Crippen molar-refractivity contribution in [3.63, 3.8) is 0 Å². The molecule has 33 heavy (non-hydrogen) atoms. The van der Waals surface area contributed by atoms with Crippen LogP contribution in [0.25, 0.3) is 17.3 Å². The summed E-state index contributed by atoms with van der Waals surface area (Å²) in [5.74, 6) is 1.47. The predicted octanol–water partition coefficient (Wildman–Crippen LogP) is 2.71. The number of benzene rings is 1. The lowest BCUT2D eigenvalue weighted by molar-refractivity contribution is 0.391. The summed E-state index contributed by atoms with van der Waals surface area (Å²) in [5.41, 5.74) is 1.11. The normalized spacial score (nSPS) is 12.3. The van der Waals surface area contributed by atoms with Crippen LogP contribution in [0.3, 0.4) is 0 Å². The van der Waals surface area contributed by atoms with E-state index in [0.29, 0.717) is 28.5 Å². The topological polar surface area (TPSA) is 134 Å². The van der Waals surface area contributed by atoms with Crippen molar-refractivity contribution in [3.05, 3.63) is 60.9 Å². The van der Waals surface area contributed by atoms with Crippen molar-refractivity contribution in [2.45, 2.75) is 18.6 Å². The molecule has 0 aliphatic carbocycles. The molecule has 0 spiro atoms. The third kappa shape index (κ3) is 4.51. The summed E-state index contributed by atoms with van der Waals surface area (Å²) in [6, 6.07) is 8.59. The molecular weight excluding hydrogens is 448 g/mol. The smallest absolute Gasteiger partial charge is 0.243 e. The van der Waals surface area contributed by atoms with E-state index in [1.165, 1.54) is 31.4 Å². The zero-order valence-electron chi connectivity index (χ0n) is 18.2. The number of sulfonamides is 1. The van der Waals surface area contributed by atoms with Crippen LogP contribution < -0.4 is 14.2 Å². The molecule has 0 bridgehead atoms. The SMILES string of the molecule is COc1cccc(OC)c1-n1c(NS(=O)(=O)C(C)Cc2cncnc2)nnc1-c1ccco1. The van der Waals surface area contributed by atoms with Gasteiger partial charge in [-0.3, -0.25) is 9.29 Å². The molecule has 4 aromatic rings. The second kappa shape index (κ2) is 9.28. The van der Waals surface area contributed by atoms with E-state index < -0.39 is 15.3 Å². The van der Waals surface area contributed by atoms with Gasteiger partial charge in [-0.2, -0.15) is 0 Å². The molecule has 1 aromatic carbocycles. The number of aromatic nitrogens is 5. The first-order chi connectivity index (χ1) is 15.9. The van der Waals surface area contributed by atoms with Gasteiger partial charge >= 0.3 is 0 Å². The lowest BCUT2D eigenvalue weighted by Crippen LogP contribution is -2.28. The van der Waals surface area contributed by atoms with Crippen molar-refractivity contribution in [1.82, 2.24) is 24.7 Å². The largest absolute Gasteiger partial charge is 0.494 e. The first-order valence-electron chi connectivity index (χ1n) is 9.90. The molecule has 11 nitrogen and oxygen atoms in total. The second-order valence-corrected chi connectivity index (χ2v) is 9.18. The van der Waals surface area contributed by atoms with E-state index in [4.69, 9.17) is 13.9 Å². The Morgan fingerprint density at radius 3 is 2.36 bits per heavy atom. The highest BCUT2D eigenvalue weighted by Gasteiger charge is 2.28. The molecule has 3 heterocycles. The van der Waals surface area contributed by atoms with Crippen LogP contribution in [0.15, 0.2) is 59.7 Å². The van der Waals surface area contributed by atoms with Crippen LogP contribution in [-0.4, -0.2) is 52.6 Å². The van der Waals surface area contributed by atoms with Gasteiger partial charge in [0, 0.05) is 12.4 Å². The maximum atomic E-state index is 13.2. The summed E-state index contributed by atoms with van der Waals surface area (Å²) in [7, 11) is -0.872. The summed E-state index contributed by atoms with van der Waals surface area (Å²) in [6.45, 7) is 1.59. The molecule has 0 saturated carbocycles. The molecule has 172 valence electrons. The van der Waals surface area contributed by atoms with Gasteiger partial charge in [0.25, 0.3) is 0 Å². The predicted molar refractivity (Wildman–Crippen MR) is 120 cm³/mol. The molecular formula is C21H22N6O5S. The Balaban J connectivity index is 1.79. The summed E-state index contributed by atoms with van der Waals surface area (Å²) in [4.78, 5) is 7.87. The van der Waals surface area contributed by atoms with Crippen LogP contribution in [0.2, 0.25) is 0 Å². The van der Waals surface area contributed by atoms with E-state index in [2.05, 4.69) is 24.9 Å². The number of ether oxygens (including phenoxy) is 2. The molecule has 0 radical (unpaired) electrons. The van der Waals surface area contributed by atoms with Gasteiger partial charge in [0.05, 0.1) is 25.7 Å². The van der Waals surface area contributed by atoms with Crippen molar-refractivity contribution in [2.24, 2.45) is 0 Å². The van der Waals surface area contributed by atoms with Crippen molar-refractivity contribution in [2.75, 3.05) is 18.9 Å². The van der Waals surface area contributed by atoms with Gasteiger partial charge in [-0.15, -0.1) is 10.2 Å². The number of hydrogen-bond acceptors (Lipinski definition) is 9. The second-order valence-electron chi connectivity index (χ2n) is 7.08. The van der Waals surface area contributed by atoms with E-state index in [0.717, 1.165) is 0 Å². The first kappa shape index (κ1) is 22.3. The maximum absolute atomic E-state index is 13.2. The number of furan rings is 1. The van der Waals surface area contributed by atoms with Crippen molar-refractivity contribution in [1.29, 1.82) is 0 Å². The highest BCUT2D eigenvalue weighted by atomic mass is 32.2. The monoisotopic (exact) mass is 470 g/mol. The molecule has 1 N–H and O–H groups in total. The Kier molecular flexibility index (Phi) is 6.27. The number of rotatable bonds is 9. The highest BCUT2D eigenvalue weighted by Crippen LogP contribution is 2.37. The lowest BCUT2D eigenvalue weighted by atomic mass is 10.2. The van der Waals surface area contributed by atoms with Crippen LogP contribution in [0, 0.1) is 0 Å². The van der Waals surface area contributed by atoms with Gasteiger partial charge in [0.1, 0.15) is 23.5 Å². The zero-order chi connectivity index (χ0) is 23.4. The van der Waals surface area contributed by atoms with Gasteiger partial charge < -0.3 is 13.9 Å². The van der Waals surface area contributed by atoms with E-state index in [9.17, 15) is 8.42 Å². The fourth-order valence-corrected chi connectivity index (χ4v) is 4.28. The minimum atomic E-state index is -3.88. The van der Waals surface area contributed by atoms with Crippen LogP contribution in [-0.2, 0) is 16.4 Å². The van der Waals surface area contributed by atoms with Gasteiger partial charge in [-0.1, -0.05) is 6.07 Å². The fraction of sp³-hybridized carbons (Fsp3) is 0.238. The Bertz CT molecular complexity index is 1300. The molecule has 1 atom stereocenters. The third-order valence-electron chi connectivity index (χ3n) is 4.93. The van der Waals surface area contributed by atoms with E-state index >= 15 is 0 Å². The summed E-state index contributed by atoms with van der Waals surface area (Å²) in [5, 5.41) is 7.47. The minimum absolute atomic E-state index is 0.0413. The van der Waals surface area contributed by atoms with Crippen LogP contribution in [0.4, 0.5) is 5.95 Å². The van der Waals surface area contributed by atoms with Gasteiger partial charge in [0.15, 0.2) is 5.76 Å². The number of nitrogens with one attached hydrogen (secondary N) is 1. The van der Waals surface area contributed by atoms with Crippen molar-refractivity contribution < 1.29 is 22.3 Å². The van der Waals surface area contributed by atoms with Crippen molar-refractivity contribution in [3.8, 4) is 28.8 Å². The first-order valence-corrected chi connectivity index (χ1v) is 11.5. The molecule has 0 fully saturated rings. The molecule has 12 heteroatoms. The summed E-state index contributed by atoms with van der Waals surface area (Å²) in [6.07, 6.45) is 6.25. The Morgan fingerprint density at radius 2 is 1.76 bits per heavy atom. The number of methoxy groups -OCH3 is 2. The molecule has 0 aliphatic heterocycles. The van der Waals surface area contributed by atoms with E-state index in [1.807, 2.05) is 0 Å². The van der Waals surface area contributed by atoms with E-state index in [1.54, 1.807) is 49.6 Å². The number of hydrogen-bond donors (Lipinski definition) is 1. The quantitative estimate of drug-likeness (QED) is 0.392. The maximum Gasteiger partial charge on any atom is 0.243 e. The number of anilines is 1. The zero-order valence-corrected chi connectivity index (χ0v) is 19.0. The Hall–Kier alpha value is -3.93. The lowest BCUT2D eigenvalue weighted by Gasteiger charge is -2.18. The summed E-state index contributed by atoms with van der Waals surface area (Å²) >= 11 is 0. The van der Waals surface area contributed by atoms with Crippen LogP contribution >= 0.6 is 0 Å². The Labute approximate surface area is 190 Å². The molecule has 0 amide bonds. The number of nitrogens with zero attached hydrogens (tertiary/aromatic N) is 5. The Morgan fingerprint density at radius 1 is 1.06 bits per heavy atom. The molecule has 0 saturated heterocycles. The van der Waals surface area contributed by atoms with Crippen molar-refractivity contribution >= 4 is 16.0 Å². The molecule has 3 aromatic heterocycles. The van der Waals surface area contributed by atoms with Gasteiger partial charge in [-0.05, 0) is 43.2 Å².